The molecule has 0 amide bonds. The number of benzene rings is 1. The quantitative estimate of drug-likeness (QED) is 0.805. The van der Waals surface area contributed by atoms with E-state index in [1.165, 1.54) is 6.07 Å². The number of nitrogen functional groups attached to an aromatic ring is 1. The van der Waals surface area contributed by atoms with Gasteiger partial charge < -0.3 is 5.73 Å². The first-order valence-electron chi connectivity index (χ1n) is 6.04. The Labute approximate surface area is 126 Å². The third-order valence-electron chi connectivity index (χ3n) is 3.34. The number of halogens is 1. The summed E-state index contributed by atoms with van der Waals surface area (Å²) in [5.41, 5.74) is 6.20. The lowest BCUT2D eigenvalue weighted by molar-refractivity contribution is 0.555. The first-order valence-corrected chi connectivity index (χ1v) is 9.60. The molecule has 1 aliphatic rings. The predicted molar refractivity (Wildman–Crippen MR) is 83.8 cm³/mol. The van der Waals surface area contributed by atoms with Crippen LogP contribution in [0.15, 0.2) is 27.6 Å². The standard InChI is InChI=1S/C12H17BrN2O2S2/c1-18-12-4-2-3-11(12)15-19(16,17)8-5-6-10(14)9(13)7-8/h5-7,11-12,15H,2-4,14H2,1H3. The average molecular weight is 365 g/mol. The minimum atomic E-state index is -3.47. The predicted octanol–water partition coefficient (Wildman–Crippen LogP) is 2.59. The maximum Gasteiger partial charge on any atom is 0.240 e. The summed E-state index contributed by atoms with van der Waals surface area (Å²) < 4.78 is 28.1. The molecule has 2 rings (SSSR count). The molecule has 3 N–H and O–H groups in total. The van der Waals surface area contributed by atoms with E-state index in [0.717, 1.165) is 19.3 Å². The molecule has 0 radical (unpaired) electrons. The van der Waals surface area contributed by atoms with E-state index in [0.29, 0.717) is 15.4 Å². The van der Waals surface area contributed by atoms with Crippen molar-refractivity contribution in [3.63, 3.8) is 0 Å². The van der Waals surface area contributed by atoms with Gasteiger partial charge in [-0.15, -0.1) is 0 Å². The molecule has 2 unspecified atom stereocenters. The van der Waals surface area contributed by atoms with Gasteiger partial charge in [0.15, 0.2) is 0 Å². The lowest BCUT2D eigenvalue weighted by atomic mass is 10.3. The molecule has 1 aliphatic carbocycles. The highest BCUT2D eigenvalue weighted by molar-refractivity contribution is 9.10. The maximum absolute atomic E-state index is 12.3. The molecule has 0 spiro atoms. The highest BCUT2D eigenvalue weighted by Crippen LogP contribution is 2.30. The summed E-state index contributed by atoms with van der Waals surface area (Å²) in [5.74, 6) is 0. The summed E-state index contributed by atoms with van der Waals surface area (Å²) in [6.07, 6.45) is 5.07. The Morgan fingerprint density at radius 1 is 1.42 bits per heavy atom. The number of anilines is 1. The Morgan fingerprint density at radius 3 is 2.79 bits per heavy atom. The lowest BCUT2D eigenvalue weighted by Crippen LogP contribution is -2.38. The van der Waals surface area contributed by atoms with Crippen LogP contribution in [0.1, 0.15) is 19.3 Å². The van der Waals surface area contributed by atoms with Crippen LogP contribution in [0.3, 0.4) is 0 Å². The third kappa shape index (κ3) is 3.45. The van der Waals surface area contributed by atoms with Gasteiger partial charge in [0, 0.05) is 21.5 Å². The zero-order valence-corrected chi connectivity index (χ0v) is 13.8. The van der Waals surface area contributed by atoms with E-state index in [1.807, 2.05) is 6.26 Å². The highest BCUT2D eigenvalue weighted by atomic mass is 79.9. The molecular formula is C12H17BrN2O2S2. The molecule has 19 heavy (non-hydrogen) atoms. The summed E-state index contributed by atoms with van der Waals surface area (Å²) in [4.78, 5) is 0.250. The minimum Gasteiger partial charge on any atom is -0.398 e. The van der Waals surface area contributed by atoms with E-state index in [1.54, 1.807) is 23.9 Å². The van der Waals surface area contributed by atoms with Gasteiger partial charge in [-0.05, 0) is 53.2 Å². The fourth-order valence-electron chi connectivity index (χ4n) is 2.29. The van der Waals surface area contributed by atoms with E-state index >= 15 is 0 Å². The van der Waals surface area contributed by atoms with Gasteiger partial charge in [0.2, 0.25) is 10.0 Å². The van der Waals surface area contributed by atoms with Crippen molar-refractivity contribution < 1.29 is 8.42 Å². The molecule has 4 nitrogen and oxygen atoms in total. The molecule has 106 valence electrons. The summed E-state index contributed by atoms with van der Waals surface area (Å²) in [6, 6.07) is 4.70. The zero-order chi connectivity index (χ0) is 14.0. The van der Waals surface area contributed by atoms with Crippen LogP contribution in [-0.4, -0.2) is 26.0 Å². The van der Waals surface area contributed by atoms with E-state index in [-0.39, 0.29) is 10.9 Å². The number of nitrogens with one attached hydrogen (secondary N) is 1. The molecule has 1 aromatic rings. The highest BCUT2D eigenvalue weighted by Gasteiger charge is 2.30. The van der Waals surface area contributed by atoms with Crippen molar-refractivity contribution in [2.45, 2.75) is 35.4 Å². The maximum atomic E-state index is 12.3. The molecule has 1 saturated carbocycles. The van der Waals surface area contributed by atoms with Crippen molar-refractivity contribution in [2.24, 2.45) is 0 Å². The molecule has 0 saturated heterocycles. The van der Waals surface area contributed by atoms with Crippen molar-refractivity contribution in [3.05, 3.63) is 22.7 Å². The van der Waals surface area contributed by atoms with Crippen LogP contribution in [-0.2, 0) is 10.0 Å². The normalized spacial score (nSPS) is 23.7. The van der Waals surface area contributed by atoms with Gasteiger partial charge in [-0.3, -0.25) is 0 Å². The first-order chi connectivity index (χ1) is 8.94. The van der Waals surface area contributed by atoms with Gasteiger partial charge in [-0.1, -0.05) is 6.42 Å². The summed E-state index contributed by atoms with van der Waals surface area (Å²) in [5, 5.41) is 0.368. The summed E-state index contributed by atoms with van der Waals surface area (Å²) in [7, 11) is -3.47. The van der Waals surface area contributed by atoms with E-state index < -0.39 is 10.0 Å². The zero-order valence-electron chi connectivity index (χ0n) is 10.6. The Hall–Kier alpha value is -0.240. The number of nitrogens with two attached hydrogens (primary N) is 1. The molecule has 7 heteroatoms. The second-order valence-corrected chi connectivity index (χ2v) is 8.26. The van der Waals surface area contributed by atoms with Crippen molar-refractivity contribution in [3.8, 4) is 0 Å². The summed E-state index contributed by atoms with van der Waals surface area (Å²) in [6.45, 7) is 0. The second-order valence-electron chi connectivity index (χ2n) is 4.62. The minimum absolute atomic E-state index is 0.0244. The van der Waals surface area contributed by atoms with Gasteiger partial charge in [-0.25, -0.2) is 13.1 Å². The van der Waals surface area contributed by atoms with E-state index in [4.69, 9.17) is 5.73 Å². The number of hydrogen-bond acceptors (Lipinski definition) is 4. The van der Waals surface area contributed by atoms with Crippen molar-refractivity contribution in [2.75, 3.05) is 12.0 Å². The molecule has 0 aromatic heterocycles. The van der Waals surface area contributed by atoms with Crippen LogP contribution in [0.5, 0.6) is 0 Å². The molecule has 0 aliphatic heterocycles. The monoisotopic (exact) mass is 364 g/mol. The van der Waals surface area contributed by atoms with Crippen molar-refractivity contribution in [1.29, 1.82) is 0 Å². The van der Waals surface area contributed by atoms with E-state index in [9.17, 15) is 8.42 Å². The van der Waals surface area contributed by atoms with Crippen LogP contribution in [0.4, 0.5) is 5.69 Å². The fourth-order valence-corrected chi connectivity index (χ4v) is 5.17. The van der Waals surface area contributed by atoms with Gasteiger partial charge in [0.1, 0.15) is 0 Å². The molecule has 0 bridgehead atoms. The van der Waals surface area contributed by atoms with Crippen LogP contribution < -0.4 is 10.5 Å². The Bertz CT molecular complexity index is 563. The second kappa shape index (κ2) is 6.03. The van der Waals surface area contributed by atoms with Crippen molar-refractivity contribution in [1.82, 2.24) is 4.72 Å². The first kappa shape index (κ1) is 15.2. The van der Waals surface area contributed by atoms with Crippen molar-refractivity contribution >= 4 is 43.4 Å². The SMILES string of the molecule is CSC1CCCC1NS(=O)(=O)c1ccc(N)c(Br)c1. The van der Waals surface area contributed by atoms with Gasteiger partial charge in [0.25, 0.3) is 0 Å². The fraction of sp³-hybridized carbons (Fsp3) is 0.500. The number of thioether (sulfide) groups is 1. The van der Waals surface area contributed by atoms with Crippen LogP contribution in [0.2, 0.25) is 0 Å². The lowest BCUT2D eigenvalue weighted by Gasteiger charge is -2.19. The van der Waals surface area contributed by atoms with Gasteiger partial charge >= 0.3 is 0 Å². The molecule has 2 atom stereocenters. The Morgan fingerprint density at radius 2 is 2.16 bits per heavy atom. The Kier molecular flexibility index (Phi) is 4.81. The molecule has 1 aromatic carbocycles. The largest absolute Gasteiger partial charge is 0.398 e. The molecule has 0 heterocycles. The van der Waals surface area contributed by atoms with Crippen LogP contribution >= 0.6 is 27.7 Å². The smallest absolute Gasteiger partial charge is 0.240 e. The number of hydrogen-bond donors (Lipinski definition) is 2. The number of sulfonamides is 1. The topological polar surface area (TPSA) is 72.2 Å². The average Bonchev–Trinajstić information content (AvgIpc) is 2.79. The van der Waals surface area contributed by atoms with Crippen LogP contribution in [0, 0.1) is 0 Å². The summed E-state index contributed by atoms with van der Waals surface area (Å²) >= 11 is 4.98. The molecule has 1 fully saturated rings. The number of rotatable bonds is 4. The molecular weight excluding hydrogens is 348 g/mol. The van der Waals surface area contributed by atoms with Gasteiger partial charge in [-0.2, -0.15) is 11.8 Å². The van der Waals surface area contributed by atoms with Crippen LogP contribution in [0.25, 0.3) is 0 Å². The Balaban J connectivity index is 2.20. The van der Waals surface area contributed by atoms with Gasteiger partial charge in [0.05, 0.1) is 4.90 Å². The van der Waals surface area contributed by atoms with E-state index in [2.05, 4.69) is 20.7 Å². The third-order valence-corrected chi connectivity index (χ3v) is 6.69.